The van der Waals surface area contributed by atoms with Gasteiger partial charge in [-0.25, -0.2) is 4.79 Å². The Bertz CT molecular complexity index is 338. The van der Waals surface area contributed by atoms with Crippen LogP contribution in [0.1, 0.15) is 5.56 Å². The molecular formula is C9H7BrO3. The highest BCUT2D eigenvalue weighted by atomic mass is 79.9. The van der Waals surface area contributed by atoms with Crippen LogP contribution in [0.4, 0.5) is 0 Å². The standard InChI is InChI=1S/C9H7BrO3/c10-7-2-1-3-8(11)6(7)4-5-9(12)13/h1-5,11H,(H,12,13). The molecule has 3 nitrogen and oxygen atoms in total. The molecule has 4 heteroatoms. The maximum atomic E-state index is 10.2. The minimum atomic E-state index is -1.05. The number of carboxylic acid groups (broad SMARTS) is 1. The van der Waals surface area contributed by atoms with Gasteiger partial charge in [0.2, 0.25) is 0 Å². The molecule has 0 saturated carbocycles. The summed E-state index contributed by atoms with van der Waals surface area (Å²) in [5.41, 5.74) is 0.463. The van der Waals surface area contributed by atoms with Crippen molar-refractivity contribution in [2.45, 2.75) is 0 Å². The molecule has 0 aliphatic rings. The highest BCUT2D eigenvalue weighted by molar-refractivity contribution is 9.10. The number of aliphatic carboxylic acids is 1. The van der Waals surface area contributed by atoms with Gasteiger partial charge in [-0.2, -0.15) is 0 Å². The SMILES string of the molecule is O=C(O)C=Cc1c(O)cccc1Br. The van der Waals surface area contributed by atoms with E-state index in [9.17, 15) is 9.90 Å². The summed E-state index contributed by atoms with van der Waals surface area (Å²) in [5.74, 6) is -0.998. The van der Waals surface area contributed by atoms with Crippen molar-refractivity contribution in [3.05, 3.63) is 34.3 Å². The monoisotopic (exact) mass is 242 g/mol. The minimum Gasteiger partial charge on any atom is -0.507 e. The first-order valence-corrected chi connectivity index (χ1v) is 4.29. The van der Waals surface area contributed by atoms with E-state index in [1.165, 1.54) is 12.1 Å². The van der Waals surface area contributed by atoms with Crippen LogP contribution >= 0.6 is 15.9 Å². The second-order valence-electron chi connectivity index (χ2n) is 2.34. The van der Waals surface area contributed by atoms with E-state index < -0.39 is 5.97 Å². The lowest BCUT2D eigenvalue weighted by atomic mass is 10.2. The van der Waals surface area contributed by atoms with Gasteiger partial charge in [0.1, 0.15) is 5.75 Å². The topological polar surface area (TPSA) is 57.5 Å². The number of phenols is 1. The molecule has 0 bridgehead atoms. The van der Waals surface area contributed by atoms with Crippen LogP contribution in [0, 0.1) is 0 Å². The predicted molar refractivity (Wildman–Crippen MR) is 52.5 cm³/mol. The summed E-state index contributed by atoms with van der Waals surface area (Å²) in [4.78, 5) is 10.2. The summed E-state index contributed by atoms with van der Waals surface area (Å²) in [6.07, 6.45) is 2.31. The lowest BCUT2D eigenvalue weighted by Crippen LogP contribution is -1.86. The lowest BCUT2D eigenvalue weighted by Gasteiger charge is -2.00. The van der Waals surface area contributed by atoms with Crippen molar-refractivity contribution in [2.75, 3.05) is 0 Å². The Labute approximate surface area is 83.5 Å². The maximum Gasteiger partial charge on any atom is 0.328 e. The van der Waals surface area contributed by atoms with Crippen LogP contribution in [0.25, 0.3) is 6.08 Å². The number of rotatable bonds is 2. The van der Waals surface area contributed by atoms with Crippen molar-refractivity contribution in [3.63, 3.8) is 0 Å². The van der Waals surface area contributed by atoms with Crippen LogP contribution in [0.2, 0.25) is 0 Å². The first kappa shape index (κ1) is 9.80. The molecule has 0 spiro atoms. The average molecular weight is 243 g/mol. The van der Waals surface area contributed by atoms with E-state index in [1.807, 2.05) is 0 Å². The molecule has 0 amide bonds. The molecule has 0 saturated heterocycles. The molecule has 0 radical (unpaired) electrons. The molecule has 0 aromatic heterocycles. The quantitative estimate of drug-likeness (QED) is 0.783. The van der Waals surface area contributed by atoms with Crippen molar-refractivity contribution >= 4 is 28.0 Å². The number of hydrogen-bond donors (Lipinski definition) is 2. The fourth-order valence-electron chi connectivity index (χ4n) is 0.845. The molecular weight excluding hydrogens is 236 g/mol. The molecule has 0 unspecified atom stereocenters. The Morgan fingerprint density at radius 1 is 1.46 bits per heavy atom. The fraction of sp³-hybridized carbons (Fsp3) is 0. The van der Waals surface area contributed by atoms with Gasteiger partial charge < -0.3 is 10.2 Å². The second-order valence-corrected chi connectivity index (χ2v) is 3.20. The Hall–Kier alpha value is -1.29. The molecule has 0 atom stereocenters. The largest absolute Gasteiger partial charge is 0.507 e. The molecule has 1 rings (SSSR count). The summed E-state index contributed by atoms with van der Waals surface area (Å²) in [5, 5.41) is 17.7. The molecule has 0 fully saturated rings. The van der Waals surface area contributed by atoms with Gasteiger partial charge in [0.25, 0.3) is 0 Å². The van der Waals surface area contributed by atoms with E-state index in [-0.39, 0.29) is 5.75 Å². The van der Waals surface area contributed by atoms with E-state index in [0.717, 1.165) is 6.08 Å². The summed E-state index contributed by atoms with van der Waals surface area (Å²) in [6.45, 7) is 0. The molecule has 1 aromatic rings. The zero-order valence-electron chi connectivity index (χ0n) is 6.57. The number of phenolic OH excluding ortho intramolecular Hbond substituents is 1. The number of halogens is 1. The van der Waals surface area contributed by atoms with E-state index >= 15 is 0 Å². The maximum absolute atomic E-state index is 10.2. The van der Waals surface area contributed by atoms with Gasteiger partial charge in [-0.1, -0.05) is 22.0 Å². The first-order chi connectivity index (χ1) is 6.11. The van der Waals surface area contributed by atoms with Crippen LogP contribution in [-0.2, 0) is 4.79 Å². The summed E-state index contributed by atoms with van der Waals surface area (Å²) in [7, 11) is 0. The van der Waals surface area contributed by atoms with Crippen LogP contribution < -0.4 is 0 Å². The third-order valence-electron chi connectivity index (χ3n) is 1.42. The highest BCUT2D eigenvalue weighted by Gasteiger charge is 2.01. The van der Waals surface area contributed by atoms with Crippen molar-refractivity contribution in [3.8, 4) is 5.75 Å². The first-order valence-electron chi connectivity index (χ1n) is 3.50. The van der Waals surface area contributed by atoms with Gasteiger partial charge in [-0.15, -0.1) is 0 Å². The van der Waals surface area contributed by atoms with Crippen LogP contribution in [-0.4, -0.2) is 16.2 Å². The van der Waals surface area contributed by atoms with Crippen LogP contribution in [0.5, 0.6) is 5.75 Å². The zero-order valence-corrected chi connectivity index (χ0v) is 8.15. The smallest absolute Gasteiger partial charge is 0.328 e. The van der Waals surface area contributed by atoms with E-state index in [0.29, 0.717) is 10.0 Å². The summed E-state index contributed by atoms with van der Waals surface area (Å²) >= 11 is 3.19. The van der Waals surface area contributed by atoms with Gasteiger partial charge in [0, 0.05) is 16.1 Å². The summed E-state index contributed by atoms with van der Waals surface area (Å²) in [6, 6.07) is 4.88. The minimum absolute atomic E-state index is 0.0480. The third kappa shape index (κ3) is 2.59. The normalized spacial score (nSPS) is 10.5. The number of carboxylic acids is 1. The highest BCUT2D eigenvalue weighted by Crippen LogP contribution is 2.26. The molecule has 1 aromatic carbocycles. The average Bonchev–Trinajstić information content (AvgIpc) is 2.03. The second kappa shape index (κ2) is 4.09. The number of aromatic hydroxyl groups is 1. The van der Waals surface area contributed by atoms with E-state index in [2.05, 4.69) is 15.9 Å². The molecule has 0 heterocycles. The summed E-state index contributed by atoms with van der Waals surface area (Å²) < 4.78 is 0.657. The van der Waals surface area contributed by atoms with Gasteiger partial charge in [0.05, 0.1) is 0 Å². The Kier molecular flexibility index (Phi) is 3.08. The molecule has 13 heavy (non-hydrogen) atoms. The predicted octanol–water partition coefficient (Wildman–Crippen LogP) is 2.25. The lowest BCUT2D eigenvalue weighted by molar-refractivity contribution is -0.131. The van der Waals surface area contributed by atoms with Crippen molar-refractivity contribution in [1.82, 2.24) is 0 Å². The van der Waals surface area contributed by atoms with Crippen molar-refractivity contribution < 1.29 is 15.0 Å². The van der Waals surface area contributed by atoms with Gasteiger partial charge in [0.15, 0.2) is 0 Å². The Morgan fingerprint density at radius 2 is 2.15 bits per heavy atom. The molecule has 2 N–H and O–H groups in total. The fourth-order valence-corrected chi connectivity index (χ4v) is 1.33. The van der Waals surface area contributed by atoms with Gasteiger partial charge in [-0.3, -0.25) is 0 Å². The van der Waals surface area contributed by atoms with Crippen molar-refractivity contribution in [2.24, 2.45) is 0 Å². The van der Waals surface area contributed by atoms with Crippen LogP contribution in [0.3, 0.4) is 0 Å². The Morgan fingerprint density at radius 3 is 2.69 bits per heavy atom. The molecule has 0 aliphatic carbocycles. The number of carbonyl (C=O) groups is 1. The van der Waals surface area contributed by atoms with Crippen LogP contribution in [0.15, 0.2) is 28.7 Å². The van der Waals surface area contributed by atoms with Crippen molar-refractivity contribution in [1.29, 1.82) is 0 Å². The van der Waals surface area contributed by atoms with Gasteiger partial charge in [-0.05, 0) is 18.2 Å². The number of hydrogen-bond acceptors (Lipinski definition) is 2. The molecule has 68 valence electrons. The van der Waals surface area contributed by atoms with E-state index in [4.69, 9.17) is 5.11 Å². The molecule has 0 aliphatic heterocycles. The third-order valence-corrected chi connectivity index (χ3v) is 2.11. The zero-order chi connectivity index (χ0) is 9.84. The van der Waals surface area contributed by atoms with Gasteiger partial charge >= 0.3 is 5.97 Å². The Balaban J connectivity index is 3.06. The number of benzene rings is 1. The van der Waals surface area contributed by atoms with E-state index in [1.54, 1.807) is 12.1 Å².